The van der Waals surface area contributed by atoms with Crippen molar-refractivity contribution in [2.75, 3.05) is 5.88 Å². The van der Waals surface area contributed by atoms with Crippen molar-refractivity contribution in [1.29, 1.82) is 0 Å². The highest BCUT2D eigenvalue weighted by Gasteiger charge is 2.56. The highest BCUT2D eigenvalue weighted by molar-refractivity contribution is 6.18. The van der Waals surface area contributed by atoms with E-state index in [1.807, 2.05) is 6.92 Å². The van der Waals surface area contributed by atoms with Crippen LogP contribution in [0.1, 0.15) is 32.6 Å². The lowest BCUT2D eigenvalue weighted by Gasteiger charge is -2.30. The van der Waals surface area contributed by atoms with Crippen molar-refractivity contribution in [3.8, 4) is 0 Å². The fourth-order valence-electron chi connectivity index (χ4n) is 3.96. The molecule has 2 heterocycles. The molecule has 0 aromatic heterocycles. The van der Waals surface area contributed by atoms with E-state index < -0.39 is 6.10 Å². The summed E-state index contributed by atoms with van der Waals surface area (Å²) < 4.78 is 0. The van der Waals surface area contributed by atoms with Gasteiger partial charge in [0.25, 0.3) is 5.91 Å². The van der Waals surface area contributed by atoms with Crippen molar-refractivity contribution in [3.05, 3.63) is 11.1 Å². The number of ketones is 1. The fraction of sp³-hybridized carbons (Fsp3) is 0.714. The minimum absolute atomic E-state index is 0.0237. The van der Waals surface area contributed by atoms with Crippen LogP contribution < -0.4 is 0 Å². The van der Waals surface area contributed by atoms with E-state index >= 15 is 0 Å². The minimum Gasteiger partial charge on any atom is -0.390 e. The first kappa shape index (κ1) is 13.1. The van der Waals surface area contributed by atoms with Gasteiger partial charge < -0.3 is 10.0 Å². The standard InChI is InChI=1S/C14H18ClNO3/c1-7-9(4-5-15)14(19)16-11-6-8(17)2-3-10(11)13(18)12(7)16/h10-13,18H,2-6H2,1H3/t10-,11+,12+,13-/m0/s1. The molecule has 1 amide bonds. The molecule has 1 saturated heterocycles. The highest BCUT2D eigenvalue weighted by Crippen LogP contribution is 2.46. The molecule has 2 aliphatic heterocycles. The molecule has 0 aromatic carbocycles. The maximum atomic E-state index is 12.5. The number of aliphatic hydroxyl groups is 1. The second kappa shape index (κ2) is 4.60. The van der Waals surface area contributed by atoms with Crippen LogP contribution in [0.15, 0.2) is 11.1 Å². The Kier molecular flexibility index (Phi) is 3.18. The van der Waals surface area contributed by atoms with Gasteiger partial charge in [-0.2, -0.15) is 0 Å². The van der Waals surface area contributed by atoms with Crippen LogP contribution in [-0.2, 0) is 9.59 Å². The monoisotopic (exact) mass is 283 g/mol. The molecule has 3 aliphatic rings. The largest absolute Gasteiger partial charge is 0.390 e. The molecule has 19 heavy (non-hydrogen) atoms. The van der Waals surface area contributed by atoms with Crippen LogP contribution in [0.4, 0.5) is 0 Å². The summed E-state index contributed by atoms with van der Waals surface area (Å²) in [6, 6.07) is -0.344. The van der Waals surface area contributed by atoms with Gasteiger partial charge in [-0.3, -0.25) is 9.59 Å². The van der Waals surface area contributed by atoms with Gasteiger partial charge in [-0.05, 0) is 25.3 Å². The Labute approximate surface area is 117 Å². The number of aliphatic hydroxyl groups excluding tert-OH is 1. The number of rotatable bonds is 2. The third-order valence-electron chi connectivity index (χ3n) is 4.86. The smallest absolute Gasteiger partial charge is 0.250 e. The average molecular weight is 284 g/mol. The first-order valence-electron chi connectivity index (χ1n) is 6.84. The molecule has 1 saturated carbocycles. The molecule has 4 nitrogen and oxygen atoms in total. The Morgan fingerprint density at radius 3 is 2.84 bits per heavy atom. The summed E-state index contributed by atoms with van der Waals surface area (Å²) in [4.78, 5) is 25.9. The number of hydrogen-bond donors (Lipinski definition) is 1. The van der Waals surface area contributed by atoms with Crippen molar-refractivity contribution in [1.82, 2.24) is 4.90 Å². The van der Waals surface area contributed by atoms with Crippen LogP contribution in [-0.4, -0.2) is 45.8 Å². The zero-order valence-electron chi connectivity index (χ0n) is 10.9. The van der Waals surface area contributed by atoms with Gasteiger partial charge in [0.1, 0.15) is 5.78 Å². The Bertz CT molecular complexity index is 473. The van der Waals surface area contributed by atoms with Gasteiger partial charge in [0.05, 0.1) is 12.1 Å². The van der Waals surface area contributed by atoms with Gasteiger partial charge in [-0.25, -0.2) is 0 Å². The second-order valence-electron chi connectivity index (χ2n) is 5.76. The summed E-state index contributed by atoms with van der Waals surface area (Å²) in [5, 5.41) is 10.5. The van der Waals surface area contributed by atoms with Gasteiger partial charge in [-0.1, -0.05) is 0 Å². The zero-order chi connectivity index (χ0) is 13.7. The molecular weight excluding hydrogens is 266 g/mol. The molecule has 0 aromatic rings. The molecule has 0 spiro atoms. The quantitative estimate of drug-likeness (QED) is 0.776. The first-order valence-corrected chi connectivity index (χ1v) is 7.37. The van der Waals surface area contributed by atoms with Crippen molar-refractivity contribution >= 4 is 23.3 Å². The number of halogens is 1. The van der Waals surface area contributed by atoms with Crippen LogP contribution >= 0.6 is 11.6 Å². The number of amides is 1. The van der Waals surface area contributed by atoms with Gasteiger partial charge >= 0.3 is 0 Å². The molecule has 0 unspecified atom stereocenters. The van der Waals surface area contributed by atoms with Crippen LogP contribution in [0.3, 0.4) is 0 Å². The summed E-state index contributed by atoms with van der Waals surface area (Å²) in [7, 11) is 0. The number of nitrogens with zero attached hydrogens (tertiary/aromatic N) is 1. The fourth-order valence-corrected chi connectivity index (χ4v) is 4.15. The molecule has 4 atom stereocenters. The first-order chi connectivity index (χ1) is 9.06. The Hall–Kier alpha value is -0.870. The summed E-state index contributed by atoms with van der Waals surface area (Å²) in [5.74, 6) is 0.635. The van der Waals surface area contributed by atoms with E-state index in [2.05, 4.69) is 0 Å². The maximum Gasteiger partial charge on any atom is 0.250 e. The Balaban J connectivity index is 1.95. The van der Waals surface area contributed by atoms with Crippen LogP contribution in [0.2, 0.25) is 0 Å². The van der Waals surface area contributed by atoms with Crippen LogP contribution in [0.5, 0.6) is 0 Å². The van der Waals surface area contributed by atoms with Crippen molar-refractivity contribution in [2.24, 2.45) is 5.92 Å². The molecule has 5 heteroatoms. The van der Waals surface area contributed by atoms with Gasteiger partial charge in [0.2, 0.25) is 0 Å². The molecule has 2 fully saturated rings. The summed E-state index contributed by atoms with van der Waals surface area (Å²) in [5.41, 5.74) is 1.68. The van der Waals surface area contributed by atoms with E-state index in [-0.39, 0.29) is 29.7 Å². The van der Waals surface area contributed by atoms with E-state index in [9.17, 15) is 14.7 Å². The highest BCUT2D eigenvalue weighted by atomic mass is 35.5. The predicted octanol–water partition coefficient (Wildman–Crippen LogP) is 1.25. The molecule has 0 bridgehead atoms. The van der Waals surface area contributed by atoms with Crippen molar-refractivity contribution in [3.63, 3.8) is 0 Å². The maximum absolute atomic E-state index is 12.5. The van der Waals surface area contributed by atoms with Gasteiger partial charge in [0.15, 0.2) is 0 Å². The van der Waals surface area contributed by atoms with Crippen LogP contribution in [0.25, 0.3) is 0 Å². The number of fused-ring (bicyclic) bond motifs is 3. The topological polar surface area (TPSA) is 57.6 Å². The summed E-state index contributed by atoms with van der Waals surface area (Å²) in [6.07, 6.45) is 1.63. The third kappa shape index (κ3) is 1.77. The van der Waals surface area contributed by atoms with E-state index in [1.165, 1.54) is 0 Å². The predicted molar refractivity (Wildman–Crippen MR) is 70.8 cm³/mol. The van der Waals surface area contributed by atoms with E-state index in [4.69, 9.17) is 11.6 Å². The van der Waals surface area contributed by atoms with E-state index in [0.717, 1.165) is 11.1 Å². The molecular formula is C14H18ClNO3. The second-order valence-corrected chi connectivity index (χ2v) is 6.14. The molecule has 1 N–H and O–H groups in total. The third-order valence-corrected chi connectivity index (χ3v) is 5.05. The molecule has 0 radical (unpaired) electrons. The average Bonchev–Trinajstić information content (AvgIpc) is 2.79. The van der Waals surface area contributed by atoms with Gasteiger partial charge in [0, 0.05) is 36.3 Å². The minimum atomic E-state index is -0.533. The normalized spacial score (nSPS) is 37.9. The van der Waals surface area contributed by atoms with E-state index in [0.29, 0.717) is 31.6 Å². The van der Waals surface area contributed by atoms with Gasteiger partial charge in [-0.15, -0.1) is 11.6 Å². The lowest BCUT2D eigenvalue weighted by molar-refractivity contribution is -0.130. The molecule has 1 aliphatic carbocycles. The SMILES string of the molecule is CC1=C(CCCl)C(=O)N2[C@@H]3CC(=O)CC[C@@H]3[C@H](O)[C@@H]12. The number of carbonyl (C=O) groups excluding carboxylic acids is 2. The van der Waals surface area contributed by atoms with Crippen LogP contribution in [0, 0.1) is 5.92 Å². The van der Waals surface area contributed by atoms with Crippen molar-refractivity contribution in [2.45, 2.75) is 50.8 Å². The number of Topliss-reactive ketones (excluding diaryl/α,β-unsaturated/α-hetero) is 1. The van der Waals surface area contributed by atoms with E-state index in [1.54, 1.807) is 4.90 Å². The zero-order valence-corrected chi connectivity index (χ0v) is 11.7. The Morgan fingerprint density at radius 2 is 2.16 bits per heavy atom. The summed E-state index contributed by atoms with van der Waals surface area (Å²) >= 11 is 5.74. The lowest BCUT2D eigenvalue weighted by Crippen LogP contribution is -2.42. The lowest BCUT2D eigenvalue weighted by atomic mass is 9.81. The van der Waals surface area contributed by atoms with Crippen molar-refractivity contribution < 1.29 is 14.7 Å². The summed E-state index contributed by atoms with van der Waals surface area (Å²) in [6.45, 7) is 1.91. The number of alkyl halides is 1. The number of hydrogen-bond acceptors (Lipinski definition) is 3. The molecule has 3 rings (SSSR count). The molecule has 104 valence electrons. The Morgan fingerprint density at radius 1 is 1.42 bits per heavy atom. The number of carbonyl (C=O) groups is 2.